The van der Waals surface area contributed by atoms with Crippen molar-refractivity contribution in [1.82, 2.24) is 10.3 Å². The minimum atomic E-state index is -0.868. The number of halogens is 2. The predicted octanol–water partition coefficient (Wildman–Crippen LogP) is 3.91. The molecular formula is C22H16F2N4. The smallest absolute Gasteiger partial charge is 0.141 e. The fraction of sp³-hybridized carbons (Fsp3) is 0.136. The number of aliphatic imine (C=N–C) groups is 1. The Kier molecular flexibility index (Phi) is 4.36. The van der Waals surface area contributed by atoms with Crippen LogP contribution in [0.1, 0.15) is 29.3 Å². The van der Waals surface area contributed by atoms with E-state index in [9.17, 15) is 8.78 Å². The van der Waals surface area contributed by atoms with E-state index in [0.717, 1.165) is 16.7 Å². The van der Waals surface area contributed by atoms with Crippen molar-refractivity contribution in [2.24, 2.45) is 4.99 Å². The number of nitriles is 1. The van der Waals surface area contributed by atoms with Crippen molar-refractivity contribution in [1.29, 1.82) is 5.26 Å². The molecule has 0 saturated heterocycles. The van der Waals surface area contributed by atoms with E-state index < -0.39 is 5.54 Å². The number of pyridine rings is 1. The third-order valence-corrected chi connectivity index (χ3v) is 4.98. The van der Waals surface area contributed by atoms with E-state index in [0.29, 0.717) is 5.84 Å². The van der Waals surface area contributed by atoms with E-state index in [2.05, 4.69) is 10.3 Å². The standard InChI is InChI=1S/C22H16F2N4/c1-14-22(16-2-6-18(23)7-3-16,17-4-8-19(24)9-5-17)28-21(27-14)15-10-11-26-20(12-15)13-25/h2-12,14H,1H3,(H,27,28)/t14-/m0/s1. The molecule has 0 saturated carbocycles. The monoisotopic (exact) mass is 374 g/mol. The third kappa shape index (κ3) is 2.91. The maximum Gasteiger partial charge on any atom is 0.141 e. The van der Waals surface area contributed by atoms with Gasteiger partial charge in [-0.1, -0.05) is 24.3 Å². The molecule has 4 rings (SSSR count). The summed E-state index contributed by atoms with van der Waals surface area (Å²) in [6, 6.07) is 17.6. The summed E-state index contributed by atoms with van der Waals surface area (Å²) in [5.41, 5.74) is 1.71. The number of rotatable bonds is 3. The Labute approximate surface area is 161 Å². The maximum atomic E-state index is 13.5. The molecule has 0 spiro atoms. The lowest BCUT2D eigenvalue weighted by atomic mass is 9.79. The van der Waals surface area contributed by atoms with Crippen LogP contribution in [-0.2, 0) is 5.54 Å². The summed E-state index contributed by atoms with van der Waals surface area (Å²) in [6.45, 7) is 1.97. The lowest BCUT2D eigenvalue weighted by Crippen LogP contribution is -2.41. The molecule has 2 aromatic carbocycles. The molecular weight excluding hydrogens is 358 g/mol. The molecule has 6 heteroatoms. The van der Waals surface area contributed by atoms with Gasteiger partial charge >= 0.3 is 0 Å². The molecule has 1 aliphatic rings. The van der Waals surface area contributed by atoms with Crippen LogP contribution >= 0.6 is 0 Å². The first-order valence-electron chi connectivity index (χ1n) is 8.78. The average molecular weight is 374 g/mol. The van der Waals surface area contributed by atoms with Gasteiger partial charge < -0.3 is 5.32 Å². The highest BCUT2D eigenvalue weighted by Gasteiger charge is 2.45. The Balaban J connectivity index is 1.92. The molecule has 138 valence electrons. The second kappa shape index (κ2) is 6.86. The van der Waals surface area contributed by atoms with E-state index in [1.165, 1.54) is 24.3 Å². The van der Waals surface area contributed by atoms with Crippen molar-refractivity contribution < 1.29 is 8.78 Å². The largest absolute Gasteiger partial charge is 0.364 e. The van der Waals surface area contributed by atoms with Gasteiger partial charge in [-0.2, -0.15) is 5.26 Å². The number of hydrogen-bond donors (Lipinski definition) is 1. The summed E-state index contributed by atoms with van der Waals surface area (Å²) in [7, 11) is 0. The van der Waals surface area contributed by atoms with E-state index in [1.54, 1.807) is 42.6 Å². The van der Waals surface area contributed by atoms with Gasteiger partial charge in [0.25, 0.3) is 0 Å². The SMILES string of the molecule is C[C@@H]1NC(c2ccnc(C#N)c2)=NC1(c1ccc(F)cc1)c1ccc(F)cc1. The zero-order valence-electron chi connectivity index (χ0n) is 15.0. The van der Waals surface area contributed by atoms with Crippen LogP contribution in [0.15, 0.2) is 71.9 Å². The van der Waals surface area contributed by atoms with E-state index in [-0.39, 0.29) is 23.4 Å². The molecule has 0 aliphatic carbocycles. The lowest BCUT2D eigenvalue weighted by molar-refractivity contribution is 0.452. The van der Waals surface area contributed by atoms with Gasteiger partial charge in [-0.25, -0.2) is 18.8 Å². The third-order valence-electron chi connectivity index (χ3n) is 4.98. The van der Waals surface area contributed by atoms with Crippen LogP contribution < -0.4 is 5.32 Å². The van der Waals surface area contributed by atoms with Gasteiger partial charge in [-0.05, 0) is 54.4 Å². The van der Waals surface area contributed by atoms with Crippen molar-refractivity contribution in [3.63, 3.8) is 0 Å². The molecule has 0 radical (unpaired) electrons. The van der Waals surface area contributed by atoms with E-state index >= 15 is 0 Å². The first-order valence-corrected chi connectivity index (χ1v) is 8.78. The molecule has 1 atom stereocenters. The van der Waals surface area contributed by atoms with Crippen molar-refractivity contribution in [2.75, 3.05) is 0 Å². The molecule has 0 unspecified atom stereocenters. The van der Waals surface area contributed by atoms with Crippen molar-refractivity contribution in [2.45, 2.75) is 18.5 Å². The molecule has 4 nitrogen and oxygen atoms in total. The van der Waals surface area contributed by atoms with Crippen LogP contribution in [-0.4, -0.2) is 16.9 Å². The van der Waals surface area contributed by atoms with Crippen LogP contribution in [0.2, 0.25) is 0 Å². The predicted molar refractivity (Wildman–Crippen MR) is 102 cm³/mol. The molecule has 2 heterocycles. The molecule has 0 amide bonds. The minimum absolute atomic E-state index is 0.197. The first-order chi connectivity index (χ1) is 13.5. The fourth-order valence-electron chi connectivity index (χ4n) is 3.61. The molecule has 0 fully saturated rings. The molecule has 1 aromatic heterocycles. The van der Waals surface area contributed by atoms with E-state index in [4.69, 9.17) is 10.3 Å². The zero-order valence-corrected chi connectivity index (χ0v) is 15.0. The molecule has 28 heavy (non-hydrogen) atoms. The van der Waals surface area contributed by atoms with Gasteiger partial charge in [0, 0.05) is 11.8 Å². The number of hydrogen-bond acceptors (Lipinski definition) is 4. The lowest BCUT2D eigenvalue weighted by Gasteiger charge is -2.32. The Morgan fingerprint density at radius 1 is 0.964 bits per heavy atom. The summed E-state index contributed by atoms with van der Waals surface area (Å²) < 4.78 is 27.1. The summed E-state index contributed by atoms with van der Waals surface area (Å²) in [5.74, 6) is -0.0812. The zero-order chi connectivity index (χ0) is 19.7. The topological polar surface area (TPSA) is 61.1 Å². The number of nitrogens with one attached hydrogen (secondary N) is 1. The Morgan fingerprint density at radius 2 is 1.54 bits per heavy atom. The van der Waals surface area contributed by atoms with Crippen molar-refractivity contribution in [3.8, 4) is 6.07 Å². The maximum absolute atomic E-state index is 13.5. The van der Waals surface area contributed by atoms with Gasteiger partial charge in [-0.15, -0.1) is 0 Å². The second-order valence-electron chi connectivity index (χ2n) is 6.65. The van der Waals surface area contributed by atoms with Crippen molar-refractivity contribution >= 4 is 5.84 Å². The molecule has 0 bridgehead atoms. The normalized spacial score (nSPS) is 17.5. The molecule has 1 N–H and O–H groups in total. The van der Waals surface area contributed by atoms with Crippen LogP contribution in [0, 0.1) is 23.0 Å². The highest BCUT2D eigenvalue weighted by molar-refractivity contribution is 6.01. The number of aromatic nitrogens is 1. The highest BCUT2D eigenvalue weighted by atomic mass is 19.1. The quantitative estimate of drug-likeness (QED) is 0.756. The Hall–Kier alpha value is -3.59. The summed E-state index contributed by atoms with van der Waals surface area (Å²) in [5, 5.41) is 12.5. The molecule has 3 aromatic rings. The van der Waals surface area contributed by atoms with Gasteiger partial charge in [0.1, 0.15) is 34.8 Å². The van der Waals surface area contributed by atoms with E-state index in [1.807, 2.05) is 13.0 Å². The van der Waals surface area contributed by atoms with Gasteiger partial charge in [0.2, 0.25) is 0 Å². The summed E-state index contributed by atoms with van der Waals surface area (Å²) >= 11 is 0. The summed E-state index contributed by atoms with van der Waals surface area (Å²) in [4.78, 5) is 8.96. The Bertz CT molecular complexity index is 1040. The van der Waals surface area contributed by atoms with Crippen LogP contribution in [0.25, 0.3) is 0 Å². The number of benzene rings is 2. The van der Waals surface area contributed by atoms with Crippen LogP contribution in [0.4, 0.5) is 8.78 Å². The molecule has 1 aliphatic heterocycles. The van der Waals surface area contributed by atoms with Gasteiger partial charge in [0.15, 0.2) is 0 Å². The van der Waals surface area contributed by atoms with Crippen LogP contribution in [0.5, 0.6) is 0 Å². The highest BCUT2D eigenvalue weighted by Crippen LogP contribution is 2.41. The van der Waals surface area contributed by atoms with Crippen molar-refractivity contribution in [3.05, 3.63) is 101 Å². The fourth-order valence-corrected chi connectivity index (χ4v) is 3.61. The minimum Gasteiger partial charge on any atom is -0.364 e. The van der Waals surface area contributed by atoms with Crippen LogP contribution in [0.3, 0.4) is 0 Å². The number of nitrogens with zero attached hydrogens (tertiary/aromatic N) is 3. The average Bonchev–Trinajstić information content (AvgIpc) is 3.07. The second-order valence-corrected chi connectivity index (χ2v) is 6.65. The van der Waals surface area contributed by atoms with Gasteiger partial charge in [0.05, 0.1) is 6.04 Å². The summed E-state index contributed by atoms with van der Waals surface area (Å²) in [6.07, 6.45) is 1.55. The Morgan fingerprint density at radius 3 is 2.07 bits per heavy atom. The van der Waals surface area contributed by atoms with Gasteiger partial charge in [-0.3, -0.25) is 0 Å². The number of amidine groups is 1. The first kappa shape index (κ1) is 17.8.